The number of rotatable bonds is 5. The molecule has 0 fully saturated rings. The molecule has 0 saturated carbocycles. The number of nitrogens with one attached hydrogen (secondary N) is 1. The topological polar surface area (TPSA) is 49.3 Å². The van der Waals surface area contributed by atoms with Gasteiger partial charge in [0.05, 0.1) is 10.6 Å². The molecule has 1 unspecified atom stereocenters. The van der Waals surface area contributed by atoms with Gasteiger partial charge in [-0.05, 0) is 31.9 Å². The highest BCUT2D eigenvalue weighted by molar-refractivity contribution is 6.34. The fourth-order valence-corrected chi connectivity index (χ4v) is 1.81. The Balaban J connectivity index is 2.91. The van der Waals surface area contributed by atoms with Crippen LogP contribution in [-0.2, 0) is 0 Å². The molecule has 0 saturated heterocycles. The molecule has 1 atom stereocenters. The highest BCUT2D eigenvalue weighted by Crippen LogP contribution is 2.21. The molecule has 0 aliphatic heterocycles. The normalized spacial score (nSPS) is 14.1. The van der Waals surface area contributed by atoms with Crippen molar-refractivity contribution in [2.75, 3.05) is 6.61 Å². The summed E-state index contributed by atoms with van der Waals surface area (Å²) < 4.78 is 13.3. The smallest absolute Gasteiger partial charge is 0.253 e. The van der Waals surface area contributed by atoms with E-state index in [1.54, 1.807) is 0 Å². The van der Waals surface area contributed by atoms with Crippen LogP contribution in [0.25, 0.3) is 0 Å². The van der Waals surface area contributed by atoms with Crippen LogP contribution in [0.3, 0.4) is 0 Å². The number of aliphatic hydroxyl groups is 1. The van der Waals surface area contributed by atoms with Crippen LogP contribution < -0.4 is 5.32 Å². The average Bonchev–Trinajstić information content (AvgIpc) is 2.32. The summed E-state index contributed by atoms with van der Waals surface area (Å²) in [7, 11) is 0. The van der Waals surface area contributed by atoms with Crippen molar-refractivity contribution >= 4 is 17.5 Å². The van der Waals surface area contributed by atoms with Crippen LogP contribution in [0.1, 0.15) is 37.0 Å². The van der Waals surface area contributed by atoms with E-state index < -0.39 is 17.3 Å². The van der Waals surface area contributed by atoms with Gasteiger partial charge in [0.1, 0.15) is 5.82 Å². The van der Waals surface area contributed by atoms with Crippen LogP contribution in [-0.4, -0.2) is 23.2 Å². The fourth-order valence-electron chi connectivity index (χ4n) is 1.60. The number of carbonyl (C=O) groups is 1. The molecule has 2 N–H and O–H groups in total. The van der Waals surface area contributed by atoms with Crippen molar-refractivity contribution < 1.29 is 14.3 Å². The summed E-state index contributed by atoms with van der Waals surface area (Å²) in [5.41, 5.74) is -0.420. The van der Waals surface area contributed by atoms with Crippen LogP contribution in [0.15, 0.2) is 18.2 Å². The predicted octanol–water partition coefficient (Wildman–Crippen LogP) is 2.76. The SMILES string of the molecule is CCC(C)(CCO)NC(=O)c1cccc(F)c1Cl. The number of benzene rings is 1. The predicted molar refractivity (Wildman–Crippen MR) is 69.3 cm³/mol. The van der Waals surface area contributed by atoms with E-state index in [4.69, 9.17) is 16.7 Å². The molecule has 1 aromatic rings. The summed E-state index contributed by atoms with van der Waals surface area (Å²) in [6, 6.07) is 4.10. The van der Waals surface area contributed by atoms with Gasteiger partial charge in [0.25, 0.3) is 5.91 Å². The molecule has 0 bridgehead atoms. The van der Waals surface area contributed by atoms with Crippen LogP contribution >= 0.6 is 11.6 Å². The number of hydrogen-bond acceptors (Lipinski definition) is 2. The zero-order valence-corrected chi connectivity index (χ0v) is 11.2. The second-order valence-electron chi connectivity index (χ2n) is 4.44. The first-order valence-corrected chi connectivity index (χ1v) is 6.18. The molecule has 0 radical (unpaired) electrons. The maximum absolute atomic E-state index is 13.3. The van der Waals surface area contributed by atoms with Crippen molar-refractivity contribution in [3.05, 3.63) is 34.6 Å². The summed E-state index contributed by atoms with van der Waals surface area (Å²) >= 11 is 5.75. The molecule has 0 spiro atoms. The summed E-state index contributed by atoms with van der Waals surface area (Å²) in [5.74, 6) is -1.05. The second-order valence-corrected chi connectivity index (χ2v) is 4.82. The quantitative estimate of drug-likeness (QED) is 0.867. The average molecular weight is 274 g/mol. The van der Waals surface area contributed by atoms with Crippen LogP contribution in [0.5, 0.6) is 0 Å². The third kappa shape index (κ3) is 3.43. The lowest BCUT2D eigenvalue weighted by atomic mass is 9.94. The molecule has 0 heterocycles. The van der Waals surface area contributed by atoms with Crippen molar-refractivity contribution in [2.45, 2.75) is 32.2 Å². The van der Waals surface area contributed by atoms with Gasteiger partial charge in [0.15, 0.2) is 0 Å². The minimum atomic E-state index is -0.621. The molecule has 1 rings (SSSR count). The van der Waals surface area contributed by atoms with Gasteiger partial charge in [-0.1, -0.05) is 24.6 Å². The third-order valence-corrected chi connectivity index (χ3v) is 3.44. The first-order valence-electron chi connectivity index (χ1n) is 5.81. The largest absolute Gasteiger partial charge is 0.396 e. The summed E-state index contributed by atoms with van der Waals surface area (Å²) in [6.45, 7) is 3.71. The standard InChI is InChI=1S/C13H17ClFNO2/c1-3-13(2,7-8-17)16-12(18)9-5-4-6-10(15)11(9)14/h4-6,17H,3,7-8H2,1-2H3,(H,16,18). The van der Waals surface area contributed by atoms with Gasteiger partial charge in [0.2, 0.25) is 0 Å². The van der Waals surface area contributed by atoms with Crippen molar-refractivity contribution in [1.82, 2.24) is 5.32 Å². The molecule has 100 valence electrons. The van der Waals surface area contributed by atoms with Crippen molar-refractivity contribution in [3.8, 4) is 0 Å². The Kier molecular flexibility index (Phi) is 5.11. The van der Waals surface area contributed by atoms with E-state index in [0.717, 1.165) is 0 Å². The Labute approximate surface area is 111 Å². The lowest BCUT2D eigenvalue weighted by Crippen LogP contribution is -2.46. The van der Waals surface area contributed by atoms with Gasteiger partial charge in [0, 0.05) is 12.1 Å². The summed E-state index contributed by atoms with van der Waals surface area (Å²) in [5, 5.41) is 11.6. The third-order valence-electron chi connectivity index (χ3n) is 3.06. The van der Waals surface area contributed by atoms with E-state index in [1.807, 2.05) is 13.8 Å². The van der Waals surface area contributed by atoms with Gasteiger partial charge >= 0.3 is 0 Å². The molecule has 18 heavy (non-hydrogen) atoms. The molecule has 0 aliphatic carbocycles. The van der Waals surface area contributed by atoms with Gasteiger partial charge in [-0.15, -0.1) is 0 Å². The van der Waals surface area contributed by atoms with Crippen LogP contribution in [0.4, 0.5) is 4.39 Å². The minimum absolute atomic E-state index is 0.0263. The van der Waals surface area contributed by atoms with E-state index in [-0.39, 0.29) is 17.2 Å². The molecule has 1 amide bonds. The van der Waals surface area contributed by atoms with Crippen molar-refractivity contribution in [2.24, 2.45) is 0 Å². The van der Waals surface area contributed by atoms with Gasteiger partial charge in [-0.25, -0.2) is 4.39 Å². The van der Waals surface area contributed by atoms with Gasteiger partial charge in [-0.2, -0.15) is 0 Å². The first kappa shape index (κ1) is 14.9. The fraction of sp³-hybridized carbons (Fsp3) is 0.462. The molecular formula is C13H17ClFNO2. The van der Waals surface area contributed by atoms with Gasteiger partial charge in [-0.3, -0.25) is 4.79 Å². The lowest BCUT2D eigenvalue weighted by molar-refractivity contribution is 0.0886. The number of carbonyl (C=O) groups excluding carboxylic acids is 1. The summed E-state index contributed by atoms with van der Waals surface area (Å²) in [6.07, 6.45) is 1.09. The molecule has 1 aromatic carbocycles. The Bertz CT molecular complexity index is 439. The number of hydrogen-bond donors (Lipinski definition) is 2. The molecule has 5 heteroatoms. The first-order chi connectivity index (χ1) is 8.43. The van der Waals surface area contributed by atoms with E-state index >= 15 is 0 Å². The van der Waals surface area contributed by atoms with Gasteiger partial charge < -0.3 is 10.4 Å². The number of aliphatic hydroxyl groups excluding tert-OH is 1. The zero-order chi connectivity index (χ0) is 13.8. The minimum Gasteiger partial charge on any atom is -0.396 e. The Morgan fingerprint density at radius 1 is 1.56 bits per heavy atom. The molecule has 0 aromatic heterocycles. The Morgan fingerprint density at radius 3 is 2.78 bits per heavy atom. The Hall–Kier alpha value is -1.13. The van der Waals surface area contributed by atoms with E-state index in [1.165, 1.54) is 18.2 Å². The lowest BCUT2D eigenvalue weighted by Gasteiger charge is -2.29. The maximum Gasteiger partial charge on any atom is 0.253 e. The van der Waals surface area contributed by atoms with Crippen LogP contribution in [0, 0.1) is 5.82 Å². The number of halogens is 2. The zero-order valence-electron chi connectivity index (χ0n) is 10.5. The van der Waals surface area contributed by atoms with E-state index in [0.29, 0.717) is 12.8 Å². The Morgan fingerprint density at radius 2 is 2.22 bits per heavy atom. The van der Waals surface area contributed by atoms with Crippen molar-refractivity contribution in [3.63, 3.8) is 0 Å². The molecule has 3 nitrogen and oxygen atoms in total. The highest BCUT2D eigenvalue weighted by Gasteiger charge is 2.25. The monoisotopic (exact) mass is 273 g/mol. The van der Waals surface area contributed by atoms with Crippen LogP contribution in [0.2, 0.25) is 5.02 Å². The van der Waals surface area contributed by atoms with E-state index in [9.17, 15) is 9.18 Å². The second kappa shape index (κ2) is 6.16. The summed E-state index contributed by atoms with van der Waals surface area (Å²) in [4.78, 5) is 12.0. The van der Waals surface area contributed by atoms with E-state index in [2.05, 4.69) is 5.32 Å². The maximum atomic E-state index is 13.3. The van der Waals surface area contributed by atoms with Crippen molar-refractivity contribution in [1.29, 1.82) is 0 Å². The molecular weight excluding hydrogens is 257 g/mol. The number of amides is 1. The molecule has 0 aliphatic rings. The highest BCUT2D eigenvalue weighted by atomic mass is 35.5.